The van der Waals surface area contributed by atoms with Crippen LogP contribution in [0.4, 0.5) is 11.6 Å². The summed E-state index contributed by atoms with van der Waals surface area (Å²) < 4.78 is 11.4. The number of ether oxygens (including phenoxy) is 1. The first kappa shape index (κ1) is 33.0. The third kappa shape index (κ3) is 18.0. The van der Waals surface area contributed by atoms with Crippen molar-refractivity contribution in [3.63, 3.8) is 0 Å². The number of hydrogen-bond donors (Lipinski definition) is 3. The number of hydrogen-bond acceptors (Lipinski definition) is 10. The molecule has 0 aromatic carbocycles. The maximum absolute atomic E-state index is 11.5. The first-order valence-electron chi connectivity index (χ1n) is 10.3. The molecule has 2 rings (SSSR count). The van der Waals surface area contributed by atoms with Crippen LogP contribution in [0.1, 0.15) is 52.7 Å². The lowest BCUT2D eigenvalue weighted by atomic mass is 10.2. The van der Waals surface area contributed by atoms with Crippen molar-refractivity contribution in [2.75, 3.05) is 11.5 Å². The number of aromatic nitrogens is 4. The lowest BCUT2D eigenvalue weighted by Gasteiger charge is -2.19. The Labute approximate surface area is 231 Å². The number of nitrogen functional groups attached to an aromatic ring is 2. The van der Waals surface area contributed by atoms with Crippen LogP contribution in [0, 0.1) is 0 Å². The molecule has 2 aromatic rings. The molecule has 0 spiro atoms. The van der Waals surface area contributed by atoms with Gasteiger partial charge in [-0.3, -0.25) is 4.79 Å². The van der Waals surface area contributed by atoms with Gasteiger partial charge in [-0.15, -0.1) is 0 Å². The fourth-order valence-electron chi connectivity index (χ4n) is 1.84. The number of esters is 1. The van der Waals surface area contributed by atoms with Gasteiger partial charge in [-0.05, 0) is 87.5 Å². The van der Waals surface area contributed by atoms with Crippen LogP contribution in [-0.4, -0.2) is 44.2 Å². The van der Waals surface area contributed by atoms with Crippen LogP contribution in [0.5, 0.6) is 0 Å². The minimum absolute atomic E-state index is 0.217. The minimum atomic E-state index is -0.443. The van der Waals surface area contributed by atoms with Gasteiger partial charge in [0.1, 0.15) is 30.9 Å². The fraction of sp³-hybridized carbons (Fsp3) is 0.381. The van der Waals surface area contributed by atoms with Gasteiger partial charge in [0.15, 0.2) is 5.82 Å². The Morgan fingerprint density at radius 3 is 2.20 bits per heavy atom. The summed E-state index contributed by atoms with van der Waals surface area (Å²) in [4.78, 5) is 27.3. The lowest BCUT2D eigenvalue weighted by molar-refractivity contribution is -0.154. The Morgan fingerprint density at radius 1 is 1.09 bits per heavy atom. The topological polar surface area (TPSA) is 159 Å². The van der Waals surface area contributed by atoms with Crippen molar-refractivity contribution in [1.29, 1.82) is 0 Å². The van der Waals surface area contributed by atoms with Crippen molar-refractivity contribution in [1.82, 2.24) is 19.9 Å². The van der Waals surface area contributed by atoms with Crippen LogP contribution in [0.15, 0.2) is 44.6 Å². The first-order valence-corrected chi connectivity index (χ1v) is 12.6. The summed E-state index contributed by atoms with van der Waals surface area (Å²) in [7, 11) is 0.645. The van der Waals surface area contributed by atoms with E-state index >= 15 is 0 Å². The molecule has 0 aliphatic heterocycles. The normalized spacial score (nSPS) is 10.7. The highest BCUT2D eigenvalue weighted by atomic mass is 79.9. The second-order valence-electron chi connectivity index (χ2n) is 7.38. The molecule has 1 radical (unpaired) electrons. The SMILES string of the molecule is CC(C)(C)OC(=O)CC/C=C/c1nc(Br)cnc1N.CC/C=C/O[B]O.Nc1ncc(Br)nc1Br. The van der Waals surface area contributed by atoms with E-state index in [1.807, 2.05) is 33.8 Å². The molecule has 10 nitrogen and oxygen atoms in total. The summed E-state index contributed by atoms with van der Waals surface area (Å²) in [6, 6.07) is 0. The zero-order valence-corrected chi connectivity index (χ0v) is 24.7. The molecule has 191 valence electrons. The van der Waals surface area contributed by atoms with Crippen molar-refractivity contribution >= 4 is 79.2 Å². The zero-order chi connectivity index (χ0) is 26.9. The van der Waals surface area contributed by atoms with E-state index in [-0.39, 0.29) is 5.97 Å². The van der Waals surface area contributed by atoms with E-state index in [1.54, 1.807) is 18.3 Å². The predicted molar refractivity (Wildman–Crippen MR) is 149 cm³/mol. The van der Waals surface area contributed by atoms with Crippen LogP contribution in [0.3, 0.4) is 0 Å². The second kappa shape index (κ2) is 18.3. The maximum Gasteiger partial charge on any atom is 0.568 e. The van der Waals surface area contributed by atoms with Crippen LogP contribution in [0.2, 0.25) is 0 Å². The Morgan fingerprint density at radius 2 is 1.69 bits per heavy atom. The number of halogens is 3. The molecule has 0 aliphatic rings. The van der Waals surface area contributed by atoms with E-state index in [0.717, 1.165) is 6.42 Å². The Hall–Kier alpha value is -2.03. The number of nitrogens with two attached hydrogens (primary N) is 2. The lowest BCUT2D eigenvalue weighted by Crippen LogP contribution is -2.23. The molecule has 5 N–H and O–H groups in total. The summed E-state index contributed by atoms with van der Waals surface area (Å²) in [6.45, 7) is 7.52. The molecule has 0 bridgehead atoms. The van der Waals surface area contributed by atoms with E-state index < -0.39 is 5.60 Å². The molecule has 14 heteroatoms. The quantitative estimate of drug-likeness (QED) is 0.207. The van der Waals surface area contributed by atoms with Crippen LogP contribution in [0.25, 0.3) is 6.08 Å². The molecule has 0 saturated heterocycles. The van der Waals surface area contributed by atoms with Gasteiger partial charge in [0.2, 0.25) is 0 Å². The second-order valence-corrected chi connectivity index (χ2v) is 9.76. The monoisotopic (exact) mass is 677 g/mol. The van der Waals surface area contributed by atoms with Gasteiger partial charge in [0.05, 0.1) is 18.7 Å². The molecule has 0 unspecified atom stereocenters. The standard InChI is InChI=1S/C13H18BrN3O2.C4H8BO2.C4H3Br2N3/c1-13(2,3)19-11(18)7-5-4-6-9-12(15)16-8-10(14)17-9;1-2-3-4-7-5-6;5-2-1-8-4(7)3(6)9-2/h4,6,8H,5,7H2,1-3H3,(H2,15,16);3-4,6H,2H2,1H3;1H,(H2,7,8)/b6-4+;4-3+;. The zero-order valence-electron chi connectivity index (χ0n) is 19.9. The molecule has 0 aliphatic carbocycles. The fourth-order valence-corrected chi connectivity index (χ4v) is 2.95. The van der Waals surface area contributed by atoms with E-state index in [9.17, 15) is 4.79 Å². The Bertz CT molecular complexity index is 975. The highest BCUT2D eigenvalue weighted by Crippen LogP contribution is 2.15. The van der Waals surface area contributed by atoms with Crippen molar-refractivity contribution in [2.45, 2.75) is 52.6 Å². The van der Waals surface area contributed by atoms with Gasteiger partial charge in [-0.1, -0.05) is 19.1 Å². The molecule has 0 atom stereocenters. The average molecular weight is 680 g/mol. The first-order chi connectivity index (χ1) is 16.4. The molecular formula is C21H29BBr3N6O4. The predicted octanol–water partition coefficient (Wildman–Crippen LogP) is 4.99. The van der Waals surface area contributed by atoms with Gasteiger partial charge >= 0.3 is 13.7 Å². The third-order valence-corrected chi connectivity index (χ3v) is 4.56. The number of carbonyl (C=O) groups is 1. The van der Waals surface area contributed by atoms with Crippen LogP contribution in [-0.2, 0) is 14.2 Å². The van der Waals surface area contributed by atoms with Crippen molar-refractivity contribution in [3.8, 4) is 0 Å². The number of carbonyl (C=O) groups excluding carboxylic acids is 1. The summed E-state index contributed by atoms with van der Waals surface area (Å²) in [5.41, 5.74) is 11.2. The van der Waals surface area contributed by atoms with Crippen molar-refractivity contribution in [2.24, 2.45) is 0 Å². The van der Waals surface area contributed by atoms with Gasteiger partial charge < -0.3 is 25.9 Å². The number of anilines is 2. The van der Waals surface area contributed by atoms with Gasteiger partial charge in [0, 0.05) is 6.42 Å². The van der Waals surface area contributed by atoms with Gasteiger partial charge in [-0.2, -0.15) is 0 Å². The van der Waals surface area contributed by atoms with E-state index in [0.29, 0.717) is 51.7 Å². The molecular weight excluding hydrogens is 651 g/mol. The molecule has 0 saturated carbocycles. The molecule has 0 fully saturated rings. The number of rotatable bonds is 7. The number of allylic oxidation sites excluding steroid dienone is 2. The Kier molecular flexibility index (Phi) is 17.2. The highest BCUT2D eigenvalue weighted by Gasteiger charge is 2.15. The van der Waals surface area contributed by atoms with Gasteiger partial charge in [0.25, 0.3) is 0 Å². The van der Waals surface area contributed by atoms with Gasteiger partial charge in [-0.25, -0.2) is 19.9 Å². The van der Waals surface area contributed by atoms with Crippen LogP contribution < -0.4 is 11.5 Å². The summed E-state index contributed by atoms with van der Waals surface area (Å²) in [6.07, 6.45) is 11.7. The van der Waals surface area contributed by atoms with E-state index in [1.165, 1.54) is 12.5 Å². The summed E-state index contributed by atoms with van der Waals surface area (Å²) in [5, 5.41) is 7.89. The number of nitrogens with zero attached hydrogens (tertiary/aromatic N) is 4. The molecule has 2 aromatic heterocycles. The summed E-state index contributed by atoms with van der Waals surface area (Å²) >= 11 is 9.48. The van der Waals surface area contributed by atoms with Crippen LogP contribution >= 0.6 is 47.8 Å². The largest absolute Gasteiger partial charge is 0.568 e. The highest BCUT2D eigenvalue weighted by molar-refractivity contribution is 9.11. The minimum Gasteiger partial charge on any atom is -0.544 e. The van der Waals surface area contributed by atoms with Crippen molar-refractivity contribution < 1.29 is 19.2 Å². The molecule has 2 heterocycles. The third-order valence-electron chi connectivity index (χ3n) is 3.21. The maximum atomic E-state index is 11.5. The molecule has 35 heavy (non-hydrogen) atoms. The molecule has 0 amide bonds. The Balaban J connectivity index is 0.000000594. The summed E-state index contributed by atoms with van der Waals surface area (Å²) in [5.74, 6) is 0.542. The van der Waals surface area contributed by atoms with Crippen molar-refractivity contribution in [3.05, 3.63) is 50.3 Å². The average Bonchev–Trinajstić information content (AvgIpc) is 2.76. The van der Waals surface area contributed by atoms with E-state index in [2.05, 4.69) is 72.4 Å². The smallest absolute Gasteiger partial charge is 0.544 e. The van der Waals surface area contributed by atoms with E-state index in [4.69, 9.17) is 21.2 Å².